The van der Waals surface area contributed by atoms with Gasteiger partial charge in [-0.25, -0.2) is 9.98 Å². The molecule has 8 nitrogen and oxygen atoms in total. The maximum absolute atomic E-state index is 5.61. The van der Waals surface area contributed by atoms with Gasteiger partial charge in [0.15, 0.2) is 11.8 Å². The van der Waals surface area contributed by atoms with Crippen LogP contribution in [0.25, 0.3) is 11.4 Å². The van der Waals surface area contributed by atoms with Crippen LogP contribution in [0.2, 0.25) is 0 Å². The quantitative estimate of drug-likeness (QED) is 0.277. The van der Waals surface area contributed by atoms with Gasteiger partial charge in [0, 0.05) is 37.3 Å². The Morgan fingerprint density at radius 3 is 2.72 bits per heavy atom. The number of ether oxygens (including phenoxy) is 1. The van der Waals surface area contributed by atoms with Crippen molar-refractivity contribution in [1.82, 2.24) is 30.7 Å². The van der Waals surface area contributed by atoms with Crippen molar-refractivity contribution in [1.29, 1.82) is 0 Å². The largest absolute Gasteiger partial charge is 0.379 e. The fraction of sp³-hybridized carbons (Fsp3) is 0.609. The van der Waals surface area contributed by atoms with Gasteiger partial charge >= 0.3 is 0 Å². The Bertz CT molecular complexity index is 831. The molecular formula is C23H36IN7O. The smallest absolute Gasteiger partial charge is 0.191 e. The molecule has 1 saturated carbocycles. The number of nitrogens with zero attached hydrogens (tertiary/aromatic N) is 4. The normalized spacial score (nSPS) is 19.2. The van der Waals surface area contributed by atoms with Crippen LogP contribution in [0.1, 0.15) is 44.6 Å². The first-order chi connectivity index (χ1) is 15.3. The van der Waals surface area contributed by atoms with E-state index in [4.69, 9.17) is 9.73 Å². The van der Waals surface area contributed by atoms with E-state index in [1.54, 1.807) is 0 Å². The SMILES string of the molecule is CCNC(=NCc1cccc(-c2ncn[nH]2)c1)NCC1(N2CCOCC2)CCCCC1.I. The summed E-state index contributed by atoms with van der Waals surface area (Å²) in [6, 6.07) is 8.29. The number of guanidine groups is 1. The highest BCUT2D eigenvalue weighted by molar-refractivity contribution is 14.0. The number of rotatable bonds is 7. The van der Waals surface area contributed by atoms with Crippen LogP contribution in [0.3, 0.4) is 0 Å². The van der Waals surface area contributed by atoms with Crippen molar-refractivity contribution in [3.63, 3.8) is 0 Å². The van der Waals surface area contributed by atoms with Gasteiger partial charge in [-0.2, -0.15) is 5.10 Å². The predicted molar refractivity (Wildman–Crippen MR) is 138 cm³/mol. The molecule has 1 saturated heterocycles. The van der Waals surface area contributed by atoms with Crippen LogP contribution in [0, 0.1) is 0 Å². The number of halogens is 1. The summed E-state index contributed by atoms with van der Waals surface area (Å²) in [5.74, 6) is 1.66. The first kappa shape index (κ1) is 24.9. The summed E-state index contributed by atoms with van der Waals surface area (Å²) in [5.41, 5.74) is 2.38. The average Bonchev–Trinajstić information content (AvgIpc) is 3.37. The maximum atomic E-state index is 5.61. The fourth-order valence-electron chi connectivity index (χ4n) is 4.77. The minimum absolute atomic E-state index is 0. The van der Waals surface area contributed by atoms with E-state index in [0.717, 1.165) is 62.3 Å². The number of morpholine rings is 1. The van der Waals surface area contributed by atoms with Gasteiger partial charge in [-0.1, -0.05) is 37.5 Å². The lowest BCUT2D eigenvalue weighted by atomic mass is 9.80. The molecule has 2 fully saturated rings. The van der Waals surface area contributed by atoms with Crippen LogP contribution < -0.4 is 10.6 Å². The number of H-pyrrole nitrogens is 1. The Hall–Kier alpha value is -1.72. The Morgan fingerprint density at radius 2 is 2.00 bits per heavy atom. The summed E-state index contributed by atoms with van der Waals surface area (Å²) in [6.07, 6.45) is 7.99. The van der Waals surface area contributed by atoms with Gasteiger partial charge in [0.25, 0.3) is 0 Å². The summed E-state index contributed by atoms with van der Waals surface area (Å²) in [6.45, 7) is 8.25. The molecule has 1 aromatic carbocycles. The first-order valence-electron chi connectivity index (χ1n) is 11.6. The third kappa shape index (κ3) is 6.41. The highest BCUT2D eigenvalue weighted by atomic mass is 127. The lowest BCUT2D eigenvalue weighted by Gasteiger charge is -2.48. The Morgan fingerprint density at radius 1 is 1.19 bits per heavy atom. The summed E-state index contributed by atoms with van der Waals surface area (Å²) >= 11 is 0. The Kier molecular flexibility index (Phi) is 9.73. The number of hydrogen-bond acceptors (Lipinski definition) is 5. The lowest BCUT2D eigenvalue weighted by molar-refractivity contribution is -0.0352. The highest BCUT2D eigenvalue weighted by Crippen LogP contribution is 2.33. The molecule has 1 aliphatic carbocycles. The second-order valence-corrected chi connectivity index (χ2v) is 8.47. The average molecular weight is 553 g/mol. The number of aromatic nitrogens is 3. The van der Waals surface area contributed by atoms with Crippen LogP contribution in [0.4, 0.5) is 0 Å². The molecule has 32 heavy (non-hydrogen) atoms. The van der Waals surface area contributed by atoms with Gasteiger partial charge < -0.3 is 15.4 Å². The molecule has 2 aliphatic rings. The van der Waals surface area contributed by atoms with Crippen molar-refractivity contribution in [3.05, 3.63) is 36.2 Å². The molecule has 0 unspecified atom stereocenters. The zero-order chi connectivity index (χ0) is 21.4. The zero-order valence-corrected chi connectivity index (χ0v) is 21.3. The second kappa shape index (κ2) is 12.5. The molecular weight excluding hydrogens is 517 g/mol. The van der Waals surface area contributed by atoms with Crippen molar-refractivity contribution < 1.29 is 4.74 Å². The molecule has 4 rings (SSSR count). The third-order valence-corrected chi connectivity index (χ3v) is 6.43. The van der Waals surface area contributed by atoms with E-state index in [-0.39, 0.29) is 29.5 Å². The van der Waals surface area contributed by atoms with Crippen molar-refractivity contribution >= 4 is 29.9 Å². The molecule has 0 radical (unpaired) electrons. The Labute approximate surface area is 208 Å². The van der Waals surface area contributed by atoms with E-state index in [1.165, 1.54) is 38.4 Å². The lowest BCUT2D eigenvalue weighted by Crippen LogP contribution is -2.60. The first-order valence-corrected chi connectivity index (χ1v) is 11.6. The molecule has 1 aliphatic heterocycles. The van der Waals surface area contributed by atoms with Crippen LogP contribution in [-0.4, -0.2) is 71.0 Å². The summed E-state index contributed by atoms with van der Waals surface area (Å²) in [5, 5.41) is 14.0. The van der Waals surface area contributed by atoms with Crippen molar-refractivity contribution in [2.45, 2.75) is 51.1 Å². The van der Waals surface area contributed by atoms with E-state index < -0.39 is 0 Å². The minimum atomic E-state index is 0. The van der Waals surface area contributed by atoms with E-state index >= 15 is 0 Å². The fourth-order valence-corrected chi connectivity index (χ4v) is 4.77. The van der Waals surface area contributed by atoms with Crippen LogP contribution in [0.5, 0.6) is 0 Å². The maximum Gasteiger partial charge on any atom is 0.191 e. The van der Waals surface area contributed by atoms with Gasteiger partial charge in [0.05, 0.1) is 19.8 Å². The zero-order valence-electron chi connectivity index (χ0n) is 19.0. The van der Waals surface area contributed by atoms with E-state index in [2.05, 4.69) is 49.8 Å². The molecule has 176 valence electrons. The molecule has 9 heteroatoms. The molecule has 0 amide bonds. The number of hydrogen-bond donors (Lipinski definition) is 3. The highest BCUT2D eigenvalue weighted by Gasteiger charge is 2.38. The standard InChI is InChI=1S/C23H35N7O.HI/c1-2-24-22(25-16-19-7-6-8-20(15-19)21-27-18-28-29-21)26-17-23(9-4-3-5-10-23)30-11-13-31-14-12-30;/h6-8,15,18H,2-5,9-14,16-17H2,1H3,(H2,24,25,26)(H,27,28,29);1H. The molecule has 0 spiro atoms. The van der Waals surface area contributed by atoms with Crippen LogP contribution in [-0.2, 0) is 11.3 Å². The Balaban J connectivity index is 0.00000289. The van der Waals surface area contributed by atoms with Crippen molar-refractivity contribution in [2.24, 2.45) is 4.99 Å². The molecule has 0 atom stereocenters. The molecule has 0 bridgehead atoms. The second-order valence-electron chi connectivity index (χ2n) is 8.47. The van der Waals surface area contributed by atoms with Gasteiger partial charge in [-0.15, -0.1) is 24.0 Å². The molecule has 2 heterocycles. The molecule has 3 N–H and O–H groups in total. The van der Waals surface area contributed by atoms with Gasteiger partial charge in [0.2, 0.25) is 0 Å². The van der Waals surface area contributed by atoms with Gasteiger partial charge in [-0.3, -0.25) is 10.00 Å². The summed E-state index contributed by atoms with van der Waals surface area (Å²) < 4.78 is 5.61. The monoisotopic (exact) mass is 553 g/mol. The van der Waals surface area contributed by atoms with E-state index in [0.29, 0.717) is 6.54 Å². The van der Waals surface area contributed by atoms with Crippen molar-refractivity contribution in [2.75, 3.05) is 39.4 Å². The number of aromatic amines is 1. The van der Waals surface area contributed by atoms with Gasteiger partial charge in [-0.05, 0) is 31.4 Å². The number of aliphatic imine (C=N–C) groups is 1. The number of nitrogens with one attached hydrogen (secondary N) is 3. The van der Waals surface area contributed by atoms with E-state index in [1.807, 2.05) is 12.1 Å². The topological polar surface area (TPSA) is 90.5 Å². The van der Waals surface area contributed by atoms with E-state index in [9.17, 15) is 0 Å². The van der Waals surface area contributed by atoms with Gasteiger partial charge in [0.1, 0.15) is 6.33 Å². The van der Waals surface area contributed by atoms with Crippen LogP contribution in [0.15, 0.2) is 35.6 Å². The molecule has 1 aromatic heterocycles. The van der Waals surface area contributed by atoms with Crippen LogP contribution >= 0.6 is 24.0 Å². The third-order valence-electron chi connectivity index (χ3n) is 6.43. The minimum Gasteiger partial charge on any atom is -0.379 e. The summed E-state index contributed by atoms with van der Waals surface area (Å²) in [7, 11) is 0. The molecule has 2 aromatic rings. The number of benzene rings is 1. The predicted octanol–water partition coefficient (Wildman–Crippen LogP) is 3.18. The van der Waals surface area contributed by atoms with Crippen molar-refractivity contribution in [3.8, 4) is 11.4 Å². The summed E-state index contributed by atoms with van der Waals surface area (Å²) in [4.78, 5) is 11.8.